The molecular weight excluding hydrogens is 364 g/mol. The minimum atomic E-state index is -0.401. The number of hydrogen-bond donors (Lipinski definition) is 1. The van der Waals surface area contributed by atoms with Crippen molar-refractivity contribution in [3.63, 3.8) is 0 Å². The van der Waals surface area contributed by atoms with E-state index in [1.54, 1.807) is 6.20 Å². The van der Waals surface area contributed by atoms with E-state index in [-0.39, 0.29) is 5.91 Å². The van der Waals surface area contributed by atoms with Crippen molar-refractivity contribution in [3.05, 3.63) is 54.4 Å². The minimum absolute atomic E-state index is 0.165. The van der Waals surface area contributed by atoms with E-state index in [1.165, 1.54) is 5.56 Å². The second-order valence-corrected chi connectivity index (χ2v) is 8.30. The van der Waals surface area contributed by atoms with Crippen LogP contribution >= 0.6 is 0 Å². The van der Waals surface area contributed by atoms with Gasteiger partial charge in [0.2, 0.25) is 5.91 Å². The maximum Gasteiger partial charge on any atom is 0.226 e. The summed E-state index contributed by atoms with van der Waals surface area (Å²) in [5.74, 6) is 0.594. The highest BCUT2D eigenvalue weighted by molar-refractivity contribution is 5.83. The first kappa shape index (κ1) is 20.0. The van der Waals surface area contributed by atoms with Gasteiger partial charge in [0.05, 0.1) is 12.0 Å². The Kier molecular flexibility index (Phi) is 6.57. The molecule has 2 aliphatic heterocycles. The number of ether oxygens (including phenoxy) is 2. The van der Waals surface area contributed by atoms with E-state index in [9.17, 15) is 4.79 Å². The summed E-state index contributed by atoms with van der Waals surface area (Å²) in [6.45, 7) is 3.59. The SMILES string of the molecule is O=C(NCC1CCCOC1)C1(Cc2cccc(-c3cccnc3)c2)CCOCC1. The van der Waals surface area contributed by atoms with Crippen LogP contribution in [0.4, 0.5) is 0 Å². The first-order valence-corrected chi connectivity index (χ1v) is 10.7. The highest BCUT2D eigenvalue weighted by Gasteiger charge is 2.40. The number of aromatic nitrogens is 1. The van der Waals surface area contributed by atoms with E-state index in [4.69, 9.17) is 9.47 Å². The molecule has 1 atom stereocenters. The fourth-order valence-corrected chi connectivity index (χ4v) is 4.42. The van der Waals surface area contributed by atoms with Crippen molar-refractivity contribution >= 4 is 5.91 Å². The highest BCUT2D eigenvalue weighted by Crippen LogP contribution is 2.36. The third-order valence-corrected chi connectivity index (χ3v) is 6.20. The molecule has 1 amide bonds. The monoisotopic (exact) mass is 394 g/mol. The molecule has 2 aliphatic rings. The standard InChI is InChI=1S/C24H30N2O3/c27-23(26-16-20-5-3-11-29-18-20)24(8-12-28-13-9-24)15-19-4-1-6-21(14-19)22-7-2-10-25-17-22/h1-2,4,6-7,10,14,17,20H,3,5,8-9,11-13,15-16,18H2,(H,26,27). The molecule has 1 aromatic heterocycles. The Hall–Kier alpha value is -2.24. The van der Waals surface area contributed by atoms with Crippen molar-refractivity contribution in [2.45, 2.75) is 32.1 Å². The normalized spacial score (nSPS) is 21.4. The summed E-state index contributed by atoms with van der Waals surface area (Å²) in [7, 11) is 0. The van der Waals surface area contributed by atoms with E-state index in [0.29, 0.717) is 25.7 Å². The van der Waals surface area contributed by atoms with Gasteiger partial charge in [-0.3, -0.25) is 9.78 Å². The number of pyridine rings is 1. The molecule has 5 nitrogen and oxygen atoms in total. The molecule has 154 valence electrons. The number of benzene rings is 1. The molecule has 3 heterocycles. The molecule has 0 bridgehead atoms. The van der Waals surface area contributed by atoms with E-state index < -0.39 is 5.41 Å². The Bertz CT molecular complexity index is 797. The van der Waals surface area contributed by atoms with E-state index in [1.807, 2.05) is 12.3 Å². The predicted octanol–water partition coefficient (Wildman–Crippen LogP) is 3.63. The van der Waals surface area contributed by atoms with Gasteiger partial charge < -0.3 is 14.8 Å². The summed E-state index contributed by atoms with van der Waals surface area (Å²) < 4.78 is 11.2. The van der Waals surface area contributed by atoms with Gasteiger partial charge in [-0.05, 0) is 60.8 Å². The summed E-state index contributed by atoms with van der Waals surface area (Å²) in [5, 5.41) is 3.24. The Morgan fingerprint density at radius 1 is 1.10 bits per heavy atom. The molecule has 0 aliphatic carbocycles. The molecule has 0 spiro atoms. The molecule has 1 unspecified atom stereocenters. The average Bonchev–Trinajstić information content (AvgIpc) is 2.79. The molecule has 4 rings (SSSR count). The van der Waals surface area contributed by atoms with Gasteiger partial charge in [0.15, 0.2) is 0 Å². The van der Waals surface area contributed by atoms with Crippen LogP contribution in [0.15, 0.2) is 48.8 Å². The number of rotatable bonds is 6. The zero-order valence-electron chi connectivity index (χ0n) is 16.9. The van der Waals surface area contributed by atoms with Gasteiger partial charge in [-0.25, -0.2) is 0 Å². The van der Waals surface area contributed by atoms with Crippen molar-refractivity contribution in [1.29, 1.82) is 0 Å². The Morgan fingerprint density at radius 3 is 2.72 bits per heavy atom. The lowest BCUT2D eigenvalue weighted by Gasteiger charge is -2.36. The summed E-state index contributed by atoms with van der Waals surface area (Å²) in [6.07, 6.45) is 8.13. The molecule has 29 heavy (non-hydrogen) atoms. The molecule has 0 saturated carbocycles. The minimum Gasteiger partial charge on any atom is -0.381 e. The lowest BCUT2D eigenvalue weighted by Crippen LogP contribution is -2.47. The van der Waals surface area contributed by atoms with E-state index in [0.717, 1.165) is 56.4 Å². The second-order valence-electron chi connectivity index (χ2n) is 8.30. The topological polar surface area (TPSA) is 60.5 Å². The van der Waals surface area contributed by atoms with Crippen LogP contribution in [0.5, 0.6) is 0 Å². The van der Waals surface area contributed by atoms with Gasteiger partial charge in [0, 0.05) is 38.8 Å². The number of carbonyl (C=O) groups is 1. The third kappa shape index (κ3) is 5.03. The molecule has 0 radical (unpaired) electrons. The molecular formula is C24H30N2O3. The number of nitrogens with zero attached hydrogens (tertiary/aromatic N) is 1. The summed E-state index contributed by atoms with van der Waals surface area (Å²) in [4.78, 5) is 17.5. The van der Waals surface area contributed by atoms with Crippen LogP contribution in [0.25, 0.3) is 11.1 Å². The van der Waals surface area contributed by atoms with E-state index >= 15 is 0 Å². The lowest BCUT2D eigenvalue weighted by atomic mass is 9.74. The molecule has 2 fully saturated rings. The quantitative estimate of drug-likeness (QED) is 0.813. The van der Waals surface area contributed by atoms with Crippen molar-refractivity contribution in [1.82, 2.24) is 10.3 Å². The van der Waals surface area contributed by atoms with Gasteiger partial charge in [0.1, 0.15) is 0 Å². The summed E-state index contributed by atoms with van der Waals surface area (Å²) >= 11 is 0. The van der Waals surface area contributed by atoms with Crippen molar-refractivity contribution in [2.75, 3.05) is 33.0 Å². The van der Waals surface area contributed by atoms with Gasteiger partial charge in [-0.1, -0.05) is 30.3 Å². The maximum absolute atomic E-state index is 13.3. The van der Waals surface area contributed by atoms with Crippen molar-refractivity contribution in [3.8, 4) is 11.1 Å². The summed E-state index contributed by atoms with van der Waals surface area (Å²) in [6, 6.07) is 12.5. The Morgan fingerprint density at radius 2 is 1.97 bits per heavy atom. The fourth-order valence-electron chi connectivity index (χ4n) is 4.42. The average molecular weight is 395 g/mol. The van der Waals surface area contributed by atoms with Crippen LogP contribution in [0, 0.1) is 11.3 Å². The lowest BCUT2D eigenvalue weighted by molar-refractivity contribution is -0.137. The molecule has 1 aromatic carbocycles. The van der Waals surface area contributed by atoms with Crippen molar-refractivity contribution < 1.29 is 14.3 Å². The number of hydrogen-bond acceptors (Lipinski definition) is 4. The number of amides is 1. The predicted molar refractivity (Wildman–Crippen MR) is 112 cm³/mol. The van der Waals surface area contributed by atoms with Crippen LogP contribution in [0.3, 0.4) is 0 Å². The molecule has 2 saturated heterocycles. The zero-order chi connectivity index (χ0) is 19.9. The first-order valence-electron chi connectivity index (χ1n) is 10.7. The van der Waals surface area contributed by atoms with Crippen LogP contribution < -0.4 is 5.32 Å². The zero-order valence-corrected chi connectivity index (χ0v) is 16.9. The maximum atomic E-state index is 13.3. The summed E-state index contributed by atoms with van der Waals surface area (Å²) in [5.41, 5.74) is 3.01. The van der Waals surface area contributed by atoms with Gasteiger partial charge >= 0.3 is 0 Å². The smallest absolute Gasteiger partial charge is 0.226 e. The molecule has 2 aromatic rings. The Labute approximate surface area is 172 Å². The molecule has 1 N–H and O–H groups in total. The van der Waals surface area contributed by atoms with Crippen LogP contribution in [-0.2, 0) is 20.7 Å². The third-order valence-electron chi connectivity index (χ3n) is 6.20. The number of nitrogens with one attached hydrogen (secondary N) is 1. The van der Waals surface area contributed by atoms with Crippen LogP contribution in [-0.4, -0.2) is 43.9 Å². The van der Waals surface area contributed by atoms with Gasteiger partial charge in [0.25, 0.3) is 0 Å². The number of carbonyl (C=O) groups excluding carboxylic acids is 1. The van der Waals surface area contributed by atoms with Crippen LogP contribution in [0.2, 0.25) is 0 Å². The van der Waals surface area contributed by atoms with E-state index in [2.05, 4.69) is 40.6 Å². The largest absolute Gasteiger partial charge is 0.381 e. The second kappa shape index (κ2) is 9.51. The molecule has 5 heteroatoms. The van der Waals surface area contributed by atoms with Gasteiger partial charge in [-0.15, -0.1) is 0 Å². The first-order chi connectivity index (χ1) is 14.3. The van der Waals surface area contributed by atoms with Crippen LogP contribution in [0.1, 0.15) is 31.2 Å². The van der Waals surface area contributed by atoms with Crippen molar-refractivity contribution in [2.24, 2.45) is 11.3 Å². The highest BCUT2D eigenvalue weighted by atomic mass is 16.5. The Balaban J connectivity index is 1.48. The van der Waals surface area contributed by atoms with Gasteiger partial charge in [-0.2, -0.15) is 0 Å². The fraction of sp³-hybridized carbons (Fsp3) is 0.500.